The molecular formula is C17H12Cl2N2O2. The Kier molecular flexibility index (Phi) is 4.42. The number of rotatable bonds is 4. The van der Waals surface area contributed by atoms with Gasteiger partial charge in [-0.05, 0) is 43.2 Å². The maximum absolute atomic E-state index is 11.9. The van der Waals surface area contributed by atoms with Gasteiger partial charge in [0.05, 0.1) is 5.02 Å². The van der Waals surface area contributed by atoms with Crippen molar-refractivity contribution in [1.82, 2.24) is 5.32 Å². The van der Waals surface area contributed by atoms with Crippen molar-refractivity contribution < 1.29 is 9.21 Å². The van der Waals surface area contributed by atoms with Crippen LogP contribution >= 0.6 is 23.2 Å². The van der Waals surface area contributed by atoms with E-state index in [0.717, 1.165) is 12.8 Å². The molecule has 0 saturated heterocycles. The fourth-order valence-corrected chi connectivity index (χ4v) is 2.55. The minimum Gasteiger partial charge on any atom is -0.457 e. The predicted molar refractivity (Wildman–Crippen MR) is 88.9 cm³/mol. The molecule has 1 aliphatic carbocycles. The summed E-state index contributed by atoms with van der Waals surface area (Å²) in [6.07, 6.45) is 3.35. The molecule has 4 nitrogen and oxygen atoms in total. The first-order valence-electron chi connectivity index (χ1n) is 7.05. The van der Waals surface area contributed by atoms with Gasteiger partial charge in [0.15, 0.2) is 0 Å². The Labute approximate surface area is 143 Å². The standard InChI is InChI=1S/C17H12Cl2N2O2/c18-11-1-5-14(15(19)8-11)16-6-4-13(23-16)7-10(9-20)17(22)21-12-2-3-12/h1,4-8,12H,2-3H2,(H,21,22)/b10-7+. The molecule has 1 aromatic carbocycles. The third-order valence-electron chi connectivity index (χ3n) is 3.39. The van der Waals surface area contributed by atoms with Gasteiger partial charge in [0.1, 0.15) is 23.2 Å². The van der Waals surface area contributed by atoms with Gasteiger partial charge in [-0.2, -0.15) is 5.26 Å². The molecule has 1 amide bonds. The molecule has 0 spiro atoms. The number of nitrogens with one attached hydrogen (secondary N) is 1. The second kappa shape index (κ2) is 6.49. The summed E-state index contributed by atoms with van der Waals surface area (Å²) in [6, 6.07) is 10.6. The minimum atomic E-state index is -0.377. The number of benzene rings is 1. The first-order chi connectivity index (χ1) is 11.1. The summed E-state index contributed by atoms with van der Waals surface area (Å²) in [4.78, 5) is 11.9. The zero-order chi connectivity index (χ0) is 16.4. The van der Waals surface area contributed by atoms with E-state index in [9.17, 15) is 4.79 Å². The van der Waals surface area contributed by atoms with Crippen LogP contribution in [0.25, 0.3) is 17.4 Å². The van der Waals surface area contributed by atoms with Crippen LogP contribution in [0, 0.1) is 11.3 Å². The molecule has 0 atom stereocenters. The van der Waals surface area contributed by atoms with Crippen LogP contribution in [0.4, 0.5) is 0 Å². The van der Waals surface area contributed by atoms with E-state index >= 15 is 0 Å². The van der Waals surface area contributed by atoms with Crippen LogP contribution in [0.1, 0.15) is 18.6 Å². The van der Waals surface area contributed by atoms with Gasteiger partial charge in [0.25, 0.3) is 5.91 Å². The molecule has 2 aromatic rings. The highest BCUT2D eigenvalue weighted by atomic mass is 35.5. The van der Waals surface area contributed by atoms with Gasteiger partial charge in [-0.25, -0.2) is 0 Å². The van der Waals surface area contributed by atoms with Crippen LogP contribution in [0.5, 0.6) is 0 Å². The normalized spacial score (nSPS) is 14.4. The molecule has 23 heavy (non-hydrogen) atoms. The number of carbonyl (C=O) groups excluding carboxylic acids is 1. The van der Waals surface area contributed by atoms with Gasteiger partial charge >= 0.3 is 0 Å². The smallest absolute Gasteiger partial charge is 0.262 e. The second-order valence-electron chi connectivity index (χ2n) is 5.24. The molecule has 1 aliphatic rings. The average Bonchev–Trinajstić information content (AvgIpc) is 3.20. The summed E-state index contributed by atoms with van der Waals surface area (Å²) >= 11 is 12.0. The molecule has 1 fully saturated rings. The van der Waals surface area contributed by atoms with E-state index in [0.29, 0.717) is 27.1 Å². The number of amides is 1. The molecule has 0 aliphatic heterocycles. The Hall–Kier alpha value is -2.22. The number of carbonyl (C=O) groups is 1. The second-order valence-corrected chi connectivity index (χ2v) is 6.09. The zero-order valence-electron chi connectivity index (χ0n) is 12.0. The van der Waals surface area contributed by atoms with Crippen LogP contribution in [0.15, 0.2) is 40.3 Å². The number of furan rings is 1. The molecule has 0 radical (unpaired) electrons. The Balaban J connectivity index is 1.84. The Morgan fingerprint density at radius 2 is 2.09 bits per heavy atom. The summed E-state index contributed by atoms with van der Waals surface area (Å²) in [5, 5.41) is 12.9. The summed E-state index contributed by atoms with van der Waals surface area (Å²) in [6.45, 7) is 0. The molecular weight excluding hydrogens is 335 g/mol. The van der Waals surface area contributed by atoms with Crippen molar-refractivity contribution in [3.05, 3.63) is 51.7 Å². The van der Waals surface area contributed by atoms with E-state index in [2.05, 4.69) is 5.32 Å². The van der Waals surface area contributed by atoms with Crippen LogP contribution in [-0.2, 0) is 4.79 Å². The third kappa shape index (κ3) is 3.76. The van der Waals surface area contributed by atoms with Crippen molar-refractivity contribution in [2.75, 3.05) is 0 Å². The Morgan fingerprint density at radius 1 is 1.30 bits per heavy atom. The summed E-state index contributed by atoms with van der Waals surface area (Å²) in [5.74, 6) is 0.573. The lowest BCUT2D eigenvalue weighted by Crippen LogP contribution is -2.26. The molecule has 1 aromatic heterocycles. The van der Waals surface area contributed by atoms with Crippen LogP contribution in [-0.4, -0.2) is 11.9 Å². The van der Waals surface area contributed by atoms with Crippen LogP contribution in [0.3, 0.4) is 0 Å². The number of halogens is 2. The van der Waals surface area contributed by atoms with E-state index in [4.69, 9.17) is 32.9 Å². The number of nitrogens with zero attached hydrogens (tertiary/aromatic N) is 1. The lowest BCUT2D eigenvalue weighted by molar-refractivity contribution is -0.117. The summed E-state index contributed by atoms with van der Waals surface area (Å²) in [5.41, 5.74) is 0.705. The van der Waals surface area contributed by atoms with E-state index in [1.807, 2.05) is 6.07 Å². The highest BCUT2D eigenvalue weighted by Crippen LogP contribution is 2.32. The maximum Gasteiger partial charge on any atom is 0.262 e. The molecule has 1 saturated carbocycles. The summed E-state index contributed by atoms with van der Waals surface area (Å²) in [7, 11) is 0. The molecule has 116 valence electrons. The highest BCUT2D eigenvalue weighted by Gasteiger charge is 2.24. The van der Waals surface area contributed by atoms with Gasteiger partial charge in [-0.15, -0.1) is 0 Å². The lowest BCUT2D eigenvalue weighted by Gasteiger charge is -2.01. The third-order valence-corrected chi connectivity index (χ3v) is 3.94. The fourth-order valence-electron chi connectivity index (χ4n) is 2.05. The highest BCUT2D eigenvalue weighted by molar-refractivity contribution is 6.36. The first kappa shape index (κ1) is 15.7. The van der Waals surface area contributed by atoms with Gasteiger partial charge in [-0.1, -0.05) is 23.2 Å². The predicted octanol–water partition coefficient (Wildman–Crippen LogP) is 4.44. The monoisotopic (exact) mass is 346 g/mol. The van der Waals surface area contributed by atoms with Gasteiger partial charge in [0.2, 0.25) is 0 Å². The van der Waals surface area contributed by atoms with Crippen LogP contribution < -0.4 is 5.32 Å². The largest absolute Gasteiger partial charge is 0.457 e. The molecule has 6 heteroatoms. The Bertz CT molecular complexity index is 829. The molecule has 0 bridgehead atoms. The topological polar surface area (TPSA) is 66.0 Å². The van der Waals surface area contributed by atoms with Crippen molar-refractivity contribution in [1.29, 1.82) is 5.26 Å². The van der Waals surface area contributed by atoms with Crippen molar-refractivity contribution in [2.45, 2.75) is 18.9 Å². The van der Waals surface area contributed by atoms with E-state index in [1.165, 1.54) is 6.08 Å². The van der Waals surface area contributed by atoms with Gasteiger partial charge in [0, 0.05) is 22.7 Å². The Morgan fingerprint density at radius 3 is 2.74 bits per heavy atom. The molecule has 0 unspecified atom stereocenters. The lowest BCUT2D eigenvalue weighted by atomic mass is 10.2. The van der Waals surface area contributed by atoms with Crippen molar-refractivity contribution in [2.24, 2.45) is 0 Å². The summed E-state index contributed by atoms with van der Waals surface area (Å²) < 4.78 is 5.66. The molecule has 1 N–H and O–H groups in total. The minimum absolute atomic E-state index is 0.0139. The number of hydrogen-bond donors (Lipinski definition) is 1. The first-order valence-corrected chi connectivity index (χ1v) is 7.80. The number of hydrogen-bond acceptors (Lipinski definition) is 3. The maximum atomic E-state index is 11.9. The SMILES string of the molecule is N#C/C(=C\c1ccc(-c2ccc(Cl)cc2Cl)o1)C(=O)NC1CC1. The quantitative estimate of drug-likeness (QED) is 0.657. The average molecular weight is 347 g/mol. The number of nitriles is 1. The van der Waals surface area contributed by atoms with Crippen molar-refractivity contribution in [3.63, 3.8) is 0 Å². The van der Waals surface area contributed by atoms with Crippen LogP contribution in [0.2, 0.25) is 10.0 Å². The van der Waals surface area contributed by atoms with Crippen molar-refractivity contribution in [3.8, 4) is 17.4 Å². The fraction of sp³-hybridized carbons (Fsp3) is 0.176. The van der Waals surface area contributed by atoms with Gasteiger partial charge in [-0.3, -0.25) is 4.79 Å². The van der Waals surface area contributed by atoms with E-state index < -0.39 is 0 Å². The molecule has 1 heterocycles. The van der Waals surface area contributed by atoms with E-state index in [1.54, 1.807) is 30.3 Å². The van der Waals surface area contributed by atoms with E-state index in [-0.39, 0.29) is 17.5 Å². The van der Waals surface area contributed by atoms with Crippen molar-refractivity contribution >= 4 is 35.2 Å². The zero-order valence-corrected chi connectivity index (χ0v) is 13.5. The van der Waals surface area contributed by atoms with Gasteiger partial charge < -0.3 is 9.73 Å². The molecule has 3 rings (SSSR count).